The largest absolute Gasteiger partial charge is 0.391 e. The summed E-state index contributed by atoms with van der Waals surface area (Å²) in [5.74, 6) is 0.127. The number of rotatable bonds is 4. The fourth-order valence-electron chi connectivity index (χ4n) is 1.67. The SMILES string of the molecule is CCC(C)[C@H](O)[C@H](N)c1ccccc1C#N. The maximum absolute atomic E-state index is 10.0. The average molecular weight is 218 g/mol. The van der Waals surface area contributed by atoms with Crippen molar-refractivity contribution in [3.8, 4) is 6.07 Å². The van der Waals surface area contributed by atoms with Crippen molar-refractivity contribution < 1.29 is 5.11 Å². The van der Waals surface area contributed by atoms with Gasteiger partial charge in [0.1, 0.15) is 0 Å². The lowest BCUT2D eigenvalue weighted by molar-refractivity contribution is 0.0879. The maximum atomic E-state index is 10.0. The number of hydrogen-bond acceptors (Lipinski definition) is 3. The summed E-state index contributed by atoms with van der Waals surface area (Å²) in [6.07, 6.45) is 0.253. The Morgan fingerprint density at radius 2 is 2.06 bits per heavy atom. The first-order chi connectivity index (χ1) is 7.61. The predicted octanol–water partition coefficient (Wildman–Crippen LogP) is 1.97. The van der Waals surface area contributed by atoms with Crippen LogP contribution in [0.3, 0.4) is 0 Å². The fraction of sp³-hybridized carbons (Fsp3) is 0.462. The molecule has 0 saturated carbocycles. The third-order valence-corrected chi connectivity index (χ3v) is 3.04. The van der Waals surface area contributed by atoms with E-state index in [1.807, 2.05) is 19.9 Å². The van der Waals surface area contributed by atoms with Gasteiger partial charge in [0.25, 0.3) is 0 Å². The highest BCUT2D eigenvalue weighted by Gasteiger charge is 2.23. The number of hydrogen-bond donors (Lipinski definition) is 2. The minimum absolute atomic E-state index is 0.127. The highest BCUT2D eigenvalue weighted by molar-refractivity contribution is 5.39. The molecule has 0 saturated heterocycles. The van der Waals surface area contributed by atoms with Crippen LogP contribution in [0, 0.1) is 17.2 Å². The molecule has 0 spiro atoms. The van der Waals surface area contributed by atoms with Gasteiger partial charge in [-0.1, -0.05) is 38.5 Å². The van der Waals surface area contributed by atoms with E-state index < -0.39 is 12.1 Å². The molecule has 1 aromatic rings. The number of benzene rings is 1. The van der Waals surface area contributed by atoms with Crippen LogP contribution in [0.2, 0.25) is 0 Å². The lowest BCUT2D eigenvalue weighted by Crippen LogP contribution is -2.32. The molecule has 3 heteroatoms. The van der Waals surface area contributed by atoms with Crippen LogP contribution in [0.25, 0.3) is 0 Å². The summed E-state index contributed by atoms with van der Waals surface area (Å²) in [6, 6.07) is 8.75. The standard InChI is InChI=1S/C13H18N2O/c1-3-9(2)13(16)12(15)11-7-5-4-6-10(11)8-14/h4-7,9,12-13,16H,3,15H2,1-2H3/t9?,12-,13+/m1/s1. The summed E-state index contributed by atoms with van der Waals surface area (Å²) in [4.78, 5) is 0. The molecule has 3 atom stereocenters. The van der Waals surface area contributed by atoms with Crippen molar-refractivity contribution in [2.45, 2.75) is 32.4 Å². The van der Waals surface area contributed by atoms with Gasteiger partial charge >= 0.3 is 0 Å². The molecule has 0 aliphatic heterocycles. The number of nitriles is 1. The minimum Gasteiger partial charge on any atom is -0.391 e. The van der Waals surface area contributed by atoms with Crippen molar-refractivity contribution in [3.63, 3.8) is 0 Å². The molecule has 0 radical (unpaired) electrons. The first kappa shape index (κ1) is 12.7. The molecule has 0 fully saturated rings. The van der Waals surface area contributed by atoms with Crippen molar-refractivity contribution in [3.05, 3.63) is 35.4 Å². The molecule has 3 N–H and O–H groups in total. The predicted molar refractivity (Wildman–Crippen MR) is 63.5 cm³/mol. The van der Waals surface area contributed by atoms with E-state index in [4.69, 9.17) is 11.0 Å². The van der Waals surface area contributed by atoms with Gasteiger partial charge < -0.3 is 10.8 Å². The normalized spacial score (nSPS) is 16.2. The van der Waals surface area contributed by atoms with E-state index in [2.05, 4.69) is 6.07 Å². The van der Waals surface area contributed by atoms with Crippen LogP contribution < -0.4 is 5.73 Å². The summed E-state index contributed by atoms with van der Waals surface area (Å²) >= 11 is 0. The number of nitrogens with zero attached hydrogens (tertiary/aromatic N) is 1. The van der Waals surface area contributed by atoms with Gasteiger partial charge in [-0.3, -0.25) is 0 Å². The summed E-state index contributed by atoms with van der Waals surface area (Å²) < 4.78 is 0. The van der Waals surface area contributed by atoms with Gasteiger partial charge in [-0.15, -0.1) is 0 Å². The Morgan fingerprint density at radius 3 is 2.62 bits per heavy atom. The molecule has 86 valence electrons. The van der Waals surface area contributed by atoms with E-state index in [0.717, 1.165) is 12.0 Å². The highest BCUT2D eigenvalue weighted by atomic mass is 16.3. The molecular weight excluding hydrogens is 200 g/mol. The third kappa shape index (κ3) is 2.60. The van der Waals surface area contributed by atoms with Crippen LogP contribution in [0.4, 0.5) is 0 Å². The fourth-order valence-corrected chi connectivity index (χ4v) is 1.67. The lowest BCUT2D eigenvalue weighted by atomic mass is 9.89. The van der Waals surface area contributed by atoms with E-state index in [0.29, 0.717) is 5.56 Å². The van der Waals surface area contributed by atoms with Crippen LogP contribution in [0.15, 0.2) is 24.3 Å². The summed E-state index contributed by atoms with van der Waals surface area (Å²) in [7, 11) is 0. The Morgan fingerprint density at radius 1 is 1.44 bits per heavy atom. The first-order valence-electron chi connectivity index (χ1n) is 5.54. The molecule has 0 amide bonds. The van der Waals surface area contributed by atoms with Gasteiger partial charge in [-0.2, -0.15) is 5.26 Å². The molecule has 0 heterocycles. The Bertz CT molecular complexity index is 384. The van der Waals surface area contributed by atoms with Crippen molar-refractivity contribution in [2.75, 3.05) is 0 Å². The molecule has 1 aromatic carbocycles. The summed E-state index contributed by atoms with van der Waals surface area (Å²) in [6.45, 7) is 3.97. The first-order valence-corrected chi connectivity index (χ1v) is 5.54. The Balaban J connectivity index is 2.96. The maximum Gasteiger partial charge on any atom is 0.0995 e. The highest BCUT2D eigenvalue weighted by Crippen LogP contribution is 2.23. The van der Waals surface area contributed by atoms with Gasteiger partial charge in [-0.25, -0.2) is 0 Å². The van der Waals surface area contributed by atoms with Crippen LogP contribution in [0.1, 0.15) is 37.4 Å². The minimum atomic E-state index is -0.612. The van der Waals surface area contributed by atoms with Crippen LogP contribution >= 0.6 is 0 Å². The summed E-state index contributed by atoms with van der Waals surface area (Å²) in [5.41, 5.74) is 7.25. The van der Waals surface area contributed by atoms with Gasteiger partial charge in [-0.05, 0) is 17.5 Å². The zero-order valence-electron chi connectivity index (χ0n) is 9.72. The monoisotopic (exact) mass is 218 g/mol. The molecule has 0 aliphatic carbocycles. The van der Waals surface area contributed by atoms with E-state index in [1.165, 1.54) is 0 Å². The van der Waals surface area contributed by atoms with Crippen molar-refractivity contribution in [1.29, 1.82) is 5.26 Å². The smallest absolute Gasteiger partial charge is 0.0995 e. The molecule has 0 aromatic heterocycles. The zero-order chi connectivity index (χ0) is 12.1. The molecule has 16 heavy (non-hydrogen) atoms. The molecule has 1 rings (SSSR count). The van der Waals surface area contributed by atoms with E-state index in [-0.39, 0.29) is 5.92 Å². The van der Waals surface area contributed by atoms with Crippen molar-refractivity contribution in [1.82, 2.24) is 0 Å². The molecule has 0 bridgehead atoms. The molecule has 0 aliphatic rings. The second-order valence-electron chi connectivity index (χ2n) is 4.10. The van der Waals surface area contributed by atoms with Crippen LogP contribution in [-0.4, -0.2) is 11.2 Å². The number of aliphatic hydroxyl groups is 1. The van der Waals surface area contributed by atoms with Crippen LogP contribution in [-0.2, 0) is 0 Å². The average Bonchev–Trinajstić information content (AvgIpc) is 2.35. The molecular formula is C13H18N2O. The Kier molecular flexibility index (Phi) is 4.48. The van der Waals surface area contributed by atoms with Gasteiger partial charge in [0.05, 0.1) is 23.8 Å². The second kappa shape index (κ2) is 5.64. The quantitative estimate of drug-likeness (QED) is 0.811. The zero-order valence-corrected chi connectivity index (χ0v) is 9.72. The van der Waals surface area contributed by atoms with Gasteiger partial charge in [0.15, 0.2) is 0 Å². The number of aliphatic hydroxyl groups excluding tert-OH is 1. The van der Waals surface area contributed by atoms with E-state index >= 15 is 0 Å². The topological polar surface area (TPSA) is 70.0 Å². The molecule has 3 nitrogen and oxygen atoms in total. The Labute approximate surface area is 96.5 Å². The Hall–Kier alpha value is -1.37. The van der Waals surface area contributed by atoms with E-state index in [9.17, 15) is 5.11 Å². The van der Waals surface area contributed by atoms with Gasteiger partial charge in [0.2, 0.25) is 0 Å². The van der Waals surface area contributed by atoms with Crippen molar-refractivity contribution in [2.24, 2.45) is 11.7 Å². The third-order valence-electron chi connectivity index (χ3n) is 3.04. The summed E-state index contributed by atoms with van der Waals surface area (Å²) in [5, 5.41) is 19.0. The van der Waals surface area contributed by atoms with Crippen LogP contribution in [0.5, 0.6) is 0 Å². The molecule has 1 unspecified atom stereocenters. The van der Waals surface area contributed by atoms with Gasteiger partial charge in [0, 0.05) is 0 Å². The second-order valence-corrected chi connectivity index (χ2v) is 4.10. The van der Waals surface area contributed by atoms with E-state index in [1.54, 1.807) is 18.2 Å². The van der Waals surface area contributed by atoms with Crippen molar-refractivity contribution >= 4 is 0 Å². The lowest BCUT2D eigenvalue weighted by Gasteiger charge is -2.24. The number of nitrogens with two attached hydrogens (primary N) is 1.